The molecule has 0 aliphatic heterocycles. The monoisotopic (exact) mass is 227 g/mol. The topological polar surface area (TPSA) is 66.4 Å². The number of carbonyl (C=O) groups excluding carboxylic acids is 1. The summed E-state index contributed by atoms with van der Waals surface area (Å²) < 4.78 is 0. The van der Waals surface area contributed by atoms with Crippen molar-refractivity contribution in [3.05, 3.63) is 0 Å². The Balaban J connectivity index is 2.20. The molecule has 0 heterocycles. The lowest BCUT2D eigenvalue weighted by atomic mass is 9.88. The number of carboxylic acids is 1. The normalized spacial score (nSPS) is 19.1. The molecular formula is C12H21NO3. The van der Waals surface area contributed by atoms with E-state index in [9.17, 15) is 9.59 Å². The van der Waals surface area contributed by atoms with E-state index in [1.54, 1.807) is 0 Å². The van der Waals surface area contributed by atoms with Crippen molar-refractivity contribution in [1.82, 2.24) is 5.32 Å². The Hall–Kier alpha value is -1.06. The fraction of sp³-hybridized carbons (Fsp3) is 0.833. The van der Waals surface area contributed by atoms with Crippen LogP contribution in [-0.4, -0.2) is 23.5 Å². The Morgan fingerprint density at radius 1 is 1.31 bits per heavy atom. The van der Waals surface area contributed by atoms with Crippen molar-refractivity contribution in [2.24, 2.45) is 11.8 Å². The minimum atomic E-state index is -0.806. The van der Waals surface area contributed by atoms with Crippen LogP contribution >= 0.6 is 0 Å². The van der Waals surface area contributed by atoms with Crippen LogP contribution in [0.5, 0.6) is 0 Å². The van der Waals surface area contributed by atoms with Gasteiger partial charge in [0.2, 0.25) is 5.91 Å². The van der Waals surface area contributed by atoms with Crippen LogP contribution in [0.25, 0.3) is 0 Å². The van der Waals surface area contributed by atoms with Crippen LogP contribution in [0.3, 0.4) is 0 Å². The molecule has 1 unspecified atom stereocenters. The van der Waals surface area contributed by atoms with Gasteiger partial charge in [0.15, 0.2) is 0 Å². The summed E-state index contributed by atoms with van der Waals surface area (Å²) in [5, 5.41) is 11.4. The molecule has 0 saturated heterocycles. The molecule has 0 aromatic rings. The van der Waals surface area contributed by atoms with Gasteiger partial charge in [-0.05, 0) is 18.8 Å². The maximum absolute atomic E-state index is 11.7. The number of hydrogen-bond donors (Lipinski definition) is 2. The van der Waals surface area contributed by atoms with E-state index in [0.717, 1.165) is 25.7 Å². The standard InChI is InChI=1S/C12H21NO3/c1-9(7-11(14)15)8-13-12(16)10-5-3-2-4-6-10/h9-10H,2-8H2,1H3,(H,13,16)(H,14,15). The van der Waals surface area contributed by atoms with E-state index in [2.05, 4.69) is 5.32 Å². The molecule has 1 atom stereocenters. The Labute approximate surface area is 96.4 Å². The molecule has 1 saturated carbocycles. The Morgan fingerprint density at radius 3 is 2.50 bits per heavy atom. The molecule has 1 fully saturated rings. The first-order valence-corrected chi connectivity index (χ1v) is 6.09. The highest BCUT2D eigenvalue weighted by Gasteiger charge is 2.21. The summed E-state index contributed by atoms with van der Waals surface area (Å²) in [6.45, 7) is 2.32. The predicted octanol–water partition coefficient (Wildman–Crippen LogP) is 1.79. The van der Waals surface area contributed by atoms with E-state index in [1.807, 2.05) is 6.92 Å². The summed E-state index contributed by atoms with van der Waals surface area (Å²) in [6.07, 6.45) is 5.61. The van der Waals surface area contributed by atoms with Gasteiger partial charge >= 0.3 is 5.97 Å². The van der Waals surface area contributed by atoms with Crippen molar-refractivity contribution in [3.63, 3.8) is 0 Å². The minimum Gasteiger partial charge on any atom is -0.481 e. The molecule has 0 bridgehead atoms. The summed E-state index contributed by atoms with van der Waals surface area (Å²) in [5.41, 5.74) is 0. The third-order valence-corrected chi connectivity index (χ3v) is 3.12. The molecule has 2 N–H and O–H groups in total. The second-order valence-electron chi connectivity index (χ2n) is 4.78. The van der Waals surface area contributed by atoms with Gasteiger partial charge in [-0.2, -0.15) is 0 Å². The van der Waals surface area contributed by atoms with Crippen LogP contribution in [0, 0.1) is 11.8 Å². The fourth-order valence-electron chi connectivity index (χ4n) is 2.15. The zero-order chi connectivity index (χ0) is 12.0. The van der Waals surface area contributed by atoms with E-state index in [4.69, 9.17) is 5.11 Å². The second kappa shape index (κ2) is 6.51. The summed E-state index contributed by atoms with van der Waals surface area (Å²) >= 11 is 0. The first-order valence-electron chi connectivity index (χ1n) is 6.09. The van der Waals surface area contributed by atoms with Crippen LogP contribution in [0.2, 0.25) is 0 Å². The molecular weight excluding hydrogens is 206 g/mol. The summed E-state index contributed by atoms with van der Waals surface area (Å²) in [4.78, 5) is 22.2. The maximum Gasteiger partial charge on any atom is 0.303 e. The minimum absolute atomic E-state index is 0.00467. The van der Waals surface area contributed by atoms with Gasteiger partial charge in [0.1, 0.15) is 0 Å². The van der Waals surface area contributed by atoms with E-state index < -0.39 is 5.97 Å². The number of carbonyl (C=O) groups is 2. The number of nitrogens with one attached hydrogen (secondary N) is 1. The quantitative estimate of drug-likeness (QED) is 0.752. The maximum atomic E-state index is 11.7. The molecule has 1 rings (SSSR count). The highest BCUT2D eigenvalue weighted by atomic mass is 16.4. The molecule has 0 aromatic carbocycles. The van der Waals surface area contributed by atoms with Gasteiger partial charge in [-0.15, -0.1) is 0 Å². The van der Waals surface area contributed by atoms with Crippen molar-refractivity contribution in [2.45, 2.75) is 45.4 Å². The predicted molar refractivity (Wildman–Crippen MR) is 61.0 cm³/mol. The third-order valence-electron chi connectivity index (χ3n) is 3.12. The summed E-state index contributed by atoms with van der Waals surface area (Å²) in [6, 6.07) is 0. The fourth-order valence-corrected chi connectivity index (χ4v) is 2.15. The zero-order valence-corrected chi connectivity index (χ0v) is 9.87. The first kappa shape index (κ1) is 13.0. The van der Waals surface area contributed by atoms with Crippen molar-refractivity contribution < 1.29 is 14.7 Å². The SMILES string of the molecule is CC(CNC(=O)C1CCCCC1)CC(=O)O. The highest BCUT2D eigenvalue weighted by Crippen LogP contribution is 2.23. The highest BCUT2D eigenvalue weighted by molar-refractivity contribution is 5.78. The van der Waals surface area contributed by atoms with Crippen molar-refractivity contribution in [2.75, 3.05) is 6.54 Å². The lowest BCUT2D eigenvalue weighted by Crippen LogP contribution is -2.35. The van der Waals surface area contributed by atoms with Crippen molar-refractivity contribution >= 4 is 11.9 Å². The number of aliphatic carboxylic acids is 1. The lowest BCUT2D eigenvalue weighted by molar-refractivity contribution is -0.138. The molecule has 92 valence electrons. The molecule has 1 aliphatic rings. The van der Waals surface area contributed by atoms with Crippen molar-refractivity contribution in [1.29, 1.82) is 0 Å². The third kappa shape index (κ3) is 4.64. The van der Waals surface area contributed by atoms with Gasteiger partial charge in [-0.25, -0.2) is 0 Å². The molecule has 0 radical (unpaired) electrons. The van der Waals surface area contributed by atoms with E-state index >= 15 is 0 Å². The van der Waals surface area contributed by atoms with Crippen LogP contribution in [0.1, 0.15) is 45.4 Å². The van der Waals surface area contributed by atoms with Gasteiger partial charge in [-0.1, -0.05) is 26.2 Å². The van der Waals surface area contributed by atoms with Crippen molar-refractivity contribution in [3.8, 4) is 0 Å². The number of amides is 1. The van der Waals surface area contributed by atoms with E-state index in [-0.39, 0.29) is 24.2 Å². The molecule has 1 aliphatic carbocycles. The molecule has 4 nitrogen and oxygen atoms in total. The van der Waals surface area contributed by atoms with Crippen LogP contribution in [-0.2, 0) is 9.59 Å². The van der Waals surface area contributed by atoms with E-state index in [0.29, 0.717) is 6.54 Å². The molecule has 16 heavy (non-hydrogen) atoms. The molecule has 4 heteroatoms. The van der Waals surface area contributed by atoms with E-state index in [1.165, 1.54) is 6.42 Å². The Morgan fingerprint density at radius 2 is 1.94 bits per heavy atom. The van der Waals surface area contributed by atoms with Gasteiger partial charge in [-0.3, -0.25) is 9.59 Å². The van der Waals surface area contributed by atoms with Crippen LogP contribution < -0.4 is 5.32 Å². The van der Waals surface area contributed by atoms with Gasteiger partial charge in [0, 0.05) is 18.9 Å². The molecule has 0 aromatic heterocycles. The Bertz CT molecular complexity index is 247. The largest absolute Gasteiger partial charge is 0.481 e. The average molecular weight is 227 g/mol. The summed E-state index contributed by atoms with van der Waals surface area (Å²) in [7, 11) is 0. The van der Waals surface area contributed by atoms with Crippen LogP contribution in [0.15, 0.2) is 0 Å². The number of carboxylic acid groups (broad SMARTS) is 1. The number of hydrogen-bond acceptors (Lipinski definition) is 2. The molecule has 1 amide bonds. The van der Waals surface area contributed by atoms with Gasteiger partial charge < -0.3 is 10.4 Å². The zero-order valence-electron chi connectivity index (χ0n) is 9.87. The molecule has 0 spiro atoms. The van der Waals surface area contributed by atoms with Crippen LogP contribution in [0.4, 0.5) is 0 Å². The Kier molecular flexibility index (Phi) is 5.29. The first-order chi connectivity index (χ1) is 7.59. The number of rotatable bonds is 5. The van der Waals surface area contributed by atoms with Gasteiger partial charge in [0.25, 0.3) is 0 Å². The average Bonchev–Trinajstić information content (AvgIpc) is 2.26. The van der Waals surface area contributed by atoms with Gasteiger partial charge in [0.05, 0.1) is 0 Å². The lowest BCUT2D eigenvalue weighted by Gasteiger charge is -2.21. The second-order valence-corrected chi connectivity index (χ2v) is 4.78. The summed E-state index contributed by atoms with van der Waals surface area (Å²) in [5.74, 6) is -0.535. The smallest absolute Gasteiger partial charge is 0.303 e.